The van der Waals surface area contributed by atoms with Gasteiger partial charge in [-0.05, 0) is 17.7 Å². The third kappa shape index (κ3) is 3.83. The first kappa shape index (κ1) is 13.6. The average Bonchev–Trinajstić information content (AvgIpc) is 2.45. The first-order chi connectivity index (χ1) is 9.21. The van der Waals surface area contributed by atoms with Crippen LogP contribution in [0.3, 0.4) is 0 Å². The van der Waals surface area contributed by atoms with Crippen LogP contribution in [0, 0.1) is 0 Å². The Bertz CT molecular complexity index is 544. The van der Waals surface area contributed by atoms with Gasteiger partial charge in [0.05, 0.1) is 7.11 Å². The number of halogens is 1. The Labute approximate surface area is 117 Å². The van der Waals surface area contributed by atoms with Crippen molar-refractivity contribution in [2.75, 3.05) is 7.11 Å². The van der Waals surface area contributed by atoms with Crippen LogP contribution in [0.2, 0.25) is 5.15 Å². The molecule has 1 aromatic heterocycles. The highest BCUT2D eigenvalue weighted by atomic mass is 35.5. The van der Waals surface area contributed by atoms with Crippen LogP contribution in [0.15, 0.2) is 30.3 Å². The minimum Gasteiger partial charge on any atom is -0.497 e. The van der Waals surface area contributed by atoms with Crippen LogP contribution in [-0.4, -0.2) is 17.1 Å². The van der Waals surface area contributed by atoms with Gasteiger partial charge in [0.25, 0.3) is 0 Å². The summed E-state index contributed by atoms with van der Waals surface area (Å²) in [5, 5.41) is 0.400. The van der Waals surface area contributed by atoms with E-state index in [2.05, 4.69) is 9.97 Å². The van der Waals surface area contributed by atoms with E-state index in [1.165, 1.54) is 0 Å². The Balaban J connectivity index is 2.03. The number of hydrogen-bond donors (Lipinski definition) is 0. The minimum atomic E-state index is 0.400. The van der Waals surface area contributed by atoms with E-state index in [0.717, 1.165) is 17.7 Å². The number of hydrogen-bond acceptors (Lipinski definition) is 4. The molecule has 100 valence electrons. The number of aryl methyl sites for hydroxylation is 1. The van der Waals surface area contributed by atoms with E-state index >= 15 is 0 Å². The fourth-order valence-electron chi connectivity index (χ4n) is 1.55. The van der Waals surface area contributed by atoms with Gasteiger partial charge >= 0.3 is 0 Å². The summed E-state index contributed by atoms with van der Waals surface area (Å²) >= 11 is 5.90. The molecule has 0 radical (unpaired) electrons. The van der Waals surface area contributed by atoms with Crippen molar-refractivity contribution in [3.8, 4) is 11.6 Å². The van der Waals surface area contributed by atoms with Gasteiger partial charge < -0.3 is 9.47 Å². The third-order valence-corrected chi connectivity index (χ3v) is 2.77. The van der Waals surface area contributed by atoms with Crippen molar-refractivity contribution in [2.24, 2.45) is 0 Å². The van der Waals surface area contributed by atoms with Crippen molar-refractivity contribution in [1.29, 1.82) is 0 Å². The van der Waals surface area contributed by atoms with E-state index in [1.807, 2.05) is 31.2 Å². The fraction of sp³-hybridized carbons (Fsp3) is 0.286. The summed E-state index contributed by atoms with van der Waals surface area (Å²) in [7, 11) is 1.64. The molecule has 0 unspecified atom stereocenters. The van der Waals surface area contributed by atoms with Crippen LogP contribution in [-0.2, 0) is 13.0 Å². The zero-order chi connectivity index (χ0) is 13.7. The van der Waals surface area contributed by atoms with E-state index in [9.17, 15) is 0 Å². The summed E-state index contributed by atoms with van der Waals surface area (Å²) in [5.74, 6) is 1.99. The molecule has 0 N–H and O–H groups in total. The van der Waals surface area contributed by atoms with Gasteiger partial charge in [0, 0.05) is 12.5 Å². The summed E-state index contributed by atoms with van der Waals surface area (Å²) in [4.78, 5) is 8.35. The van der Waals surface area contributed by atoms with Crippen LogP contribution in [0.5, 0.6) is 11.6 Å². The van der Waals surface area contributed by atoms with Crippen LogP contribution in [0.4, 0.5) is 0 Å². The molecule has 0 saturated carbocycles. The smallest absolute Gasteiger partial charge is 0.218 e. The van der Waals surface area contributed by atoms with Gasteiger partial charge in [0.2, 0.25) is 5.88 Å². The number of aromatic nitrogens is 2. The highest BCUT2D eigenvalue weighted by Gasteiger charge is 2.03. The molecular weight excluding hydrogens is 264 g/mol. The molecule has 1 heterocycles. The molecule has 0 fully saturated rings. The highest BCUT2D eigenvalue weighted by Crippen LogP contribution is 2.17. The second-order valence-electron chi connectivity index (χ2n) is 3.94. The van der Waals surface area contributed by atoms with Crippen molar-refractivity contribution in [3.05, 3.63) is 46.9 Å². The monoisotopic (exact) mass is 278 g/mol. The van der Waals surface area contributed by atoms with Gasteiger partial charge in [-0.3, -0.25) is 0 Å². The number of ether oxygens (including phenoxy) is 2. The zero-order valence-electron chi connectivity index (χ0n) is 10.9. The topological polar surface area (TPSA) is 44.2 Å². The lowest BCUT2D eigenvalue weighted by molar-refractivity contribution is 0.292. The molecule has 2 aromatic rings. The predicted molar refractivity (Wildman–Crippen MR) is 73.7 cm³/mol. The van der Waals surface area contributed by atoms with Gasteiger partial charge in [0.1, 0.15) is 23.3 Å². The van der Waals surface area contributed by atoms with Gasteiger partial charge in [-0.15, -0.1) is 0 Å². The minimum absolute atomic E-state index is 0.400. The van der Waals surface area contributed by atoms with E-state index in [0.29, 0.717) is 23.5 Å². The molecule has 0 bridgehead atoms. The molecule has 19 heavy (non-hydrogen) atoms. The molecule has 0 aliphatic carbocycles. The van der Waals surface area contributed by atoms with Crippen molar-refractivity contribution in [1.82, 2.24) is 9.97 Å². The molecule has 4 nitrogen and oxygen atoms in total. The zero-order valence-corrected chi connectivity index (χ0v) is 11.6. The molecule has 0 spiro atoms. The van der Waals surface area contributed by atoms with Crippen LogP contribution >= 0.6 is 11.6 Å². The Kier molecular flexibility index (Phi) is 4.58. The van der Waals surface area contributed by atoms with Crippen LogP contribution in [0.25, 0.3) is 0 Å². The largest absolute Gasteiger partial charge is 0.497 e. The van der Waals surface area contributed by atoms with Crippen LogP contribution in [0.1, 0.15) is 18.3 Å². The second kappa shape index (κ2) is 6.38. The van der Waals surface area contributed by atoms with Gasteiger partial charge in [-0.1, -0.05) is 30.7 Å². The number of benzene rings is 1. The molecule has 0 amide bonds. The van der Waals surface area contributed by atoms with E-state index in [-0.39, 0.29) is 0 Å². The maximum Gasteiger partial charge on any atom is 0.218 e. The quantitative estimate of drug-likeness (QED) is 0.787. The van der Waals surface area contributed by atoms with Gasteiger partial charge in [-0.2, -0.15) is 4.98 Å². The molecular formula is C14H15ClN2O2. The Morgan fingerprint density at radius 1 is 1.16 bits per heavy atom. The lowest BCUT2D eigenvalue weighted by atomic mass is 10.2. The van der Waals surface area contributed by atoms with Crippen molar-refractivity contribution >= 4 is 11.6 Å². The van der Waals surface area contributed by atoms with Crippen molar-refractivity contribution in [2.45, 2.75) is 20.0 Å². The second-order valence-corrected chi connectivity index (χ2v) is 4.32. The molecule has 0 saturated heterocycles. The van der Waals surface area contributed by atoms with E-state index in [4.69, 9.17) is 21.1 Å². The first-order valence-corrected chi connectivity index (χ1v) is 6.38. The lowest BCUT2D eigenvalue weighted by Gasteiger charge is -2.07. The Morgan fingerprint density at radius 2 is 1.89 bits per heavy atom. The molecule has 0 aliphatic rings. The van der Waals surface area contributed by atoms with Gasteiger partial charge in [0.15, 0.2) is 0 Å². The summed E-state index contributed by atoms with van der Waals surface area (Å²) < 4.78 is 10.7. The molecule has 2 rings (SSSR count). The summed E-state index contributed by atoms with van der Waals surface area (Å²) in [6.07, 6.45) is 0.722. The Hall–Kier alpha value is -1.81. The van der Waals surface area contributed by atoms with E-state index in [1.54, 1.807) is 13.2 Å². The Morgan fingerprint density at radius 3 is 2.53 bits per heavy atom. The molecule has 5 heteroatoms. The highest BCUT2D eigenvalue weighted by molar-refractivity contribution is 6.29. The molecule has 0 atom stereocenters. The van der Waals surface area contributed by atoms with Crippen molar-refractivity contribution in [3.63, 3.8) is 0 Å². The summed E-state index contributed by atoms with van der Waals surface area (Å²) in [6.45, 7) is 2.40. The fourth-order valence-corrected chi connectivity index (χ4v) is 1.74. The van der Waals surface area contributed by atoms with Crippen LogP contribution < -0.4 is 9.47 Å². The number of rotatable bonds is 5. The van der Waals surface area contributed by atoms with Gasteiger partial charge in [-0.25, -0.2) is 4.98 Å². The van der Waals surface area contributed by atoms with Crippen molar-refractivity contribution < 1.29 is 9.47 Å². The maximum absolute atomic E-state index is 5.90. The average molecular weight is 279 g/mol. The SMILES string of the molecule is CCc1nc(Cl)cc(OCc2ccc(OC)cc2)n1. The molecule has 0 aliphatic heterocycles. The lowest BCUT2D eigenvalue weighted by Crippen LogP contribution is -2.01. The third-order valence-electron chi connectivity index (χ3n) is 2.58. The molecule has 1 aromatic carbocycles. The standard InChI is InChI=1S/C14H15ClN2O2/c1-3-13-16-12(15)8-14(17-13)19-9-10-4-6-11(18-2)7-5-10/h4-8H,3,9H2,1-2H3. The van der Waals surface area contributed by atoms with E-state index < -0.39 is 0 Å². The predicted octanol–water partition coefficient (Wildman–Crippen LogP) is 3.28. The number of methoxy groups -OCH3 is 1. The number of nitrogens with zero attached hydrogens (tertiary/aromatic N) is 2. The summed E-state index contributed by atoms with van der Waals surface area (Å²) in [5.41, 5.74) is 1.04. The normalized spacial score (nSPS) is 10.3. The summed E-state index contributed by atoms with van der Waals surface area (Å²) in [6, 6.07) is 9.29. The maximum atomic E-state index is 5.90. The first-order valence-electron chi connectivity index (χ1n) is 6.00.